The van der Waals surface area contributed by atoms with Crippen molar-refractivity contribution in [3.8, 4) is 11.4 Å². The van der Waals surface area contributed by atoms with Crippen LogP contribution >= 0.6 is 0 Å². The summed E-state index contributed by atoms with van der Waals surface area (Å²) in [6.07, 6.45) is -4.49. The van der Waals surface area contributed by atoms with Crippen molar-refractivity contribution in [1.82, 2.24) is 14.9 Å². The first kappa shape index (κ1) is 17.5. The number of nitrogens with one attached hydrogen (secondary N) is 1. The third-order valence-electron chi connectivity index (χ3n) is 3.27. The van der Waals surface area contributed by atoms with E-state index in [2.05, 4.69) is 9.97 Å². The van der Waals surface area contributed by atoms with Crippen LogP contribution in [0.3, 0.4) is 0 Å². The summed E-state index contributed by atoms with van der Waals surface area (Å²) < 4.78 is 38.3. The predicted octanol–water partition coefficient (Wildman–Crippen LogP) is 2.56. The Labute approximate surface area is 134 Å². The van der Waals surface area contributed by atoms with Crippen molar-refractivity contribution in [3.63, 3.8) is 0 Å². The molecule has 9 heteroatoms. The van der Waals surface area contributed by atoms with Crippen LogP contribution in [0, 0.1) is 6.92 Å². The zero-order valence-corrected chi connectivity index (χ0v) is 12.8. The zero-order chi connectivity index (χ0) is 18.1. The number of H-pyrrole nitrogens is 1. The third-order valence-corrected chi connectivity index (χ3v) is 3.27. The van der Waals surface area contributed by atoms with Gasteiger partial charge in [-0.25, -0.2) is 4.98 Å². The molecule has 0 spiro atoms. The molecular formula is C15H14F3N3O3. The molecule has 2 N–H and O–H groups in total. The molecule has 1 aromatic carbocycles. The van der Waals surface area contributed by atoms with E-state index in [0.717, 1.165) is 17.0 Å². The number of imidazole rings is 1. The molecule has 0 bridgehead atoms. The molecule has 24 heavy (non-hydrogen) atoms. The minimum absolute atomic E-state index is 0.0360. The standard InChI is InChI=1S/C15H14F3N3O3/c1-8-12(14(24)21(2)7-11(22)23)20-13(19-8)9-4-3-5-10(6-9)15(16,17)18/h3-6H,7H2,1-2H3,(H,19,20)(H,22,23). The Hall–Kier alpha value is -2.84. The quantitative estimate of drug-likeness (QED) is 0.895. The van der Waals surface area contributed by atoms with Crippen LogP contribution in [0.25, 0.3) is 11.4 Å². The monoisotopic (exact) mass is 341 g/mol. The number of carboxylic acids is 1. The van der Waals surface area contributed by atoms with Crippen LogP contribution in [-0.4, -0.2) is 45.4 Å². The minimum Gasteiger partial charge on any atom is -0.480 e. The van der Waals surface area contributed by atoms with E-state index in [-0.39, 0.29) is 17.1 Å². The number of hydrogen-bond donors (Lipinski definition) is 2. The Kier molecular flexibility index (Phi) is 4.63. The summed E-state index contributed by atoms with van der Waals surface area (Å²) in [6, 6.07) is 4.54. The number of aromatic nitrogens is 2. The number of halogens is 3. The summed E-state index contributed by atoms with van der Waals surface area (Å²) in [6.45, 7) is 1.02. The van der Waals surface area contributed by atoms with Gasteiger partial charge in [0.1, 0.15) is 18.1 Å². The lowest BCUT2D eigenvalue weighted by Gasteiger charge is -2.12. The summed E-state index contributed by atoms with van der Waals surface area (Å²) in [5.74, 6) is -1.72. The lowest BCUT2D eigenvalue weighted by molar-refractivity contribution is -0.138. The first-order chi connectivity index (χ1) is 11.1. The highest BCUT2D eigenvalue weighted by atomic mass is 19.4. The number of benzene rings is 1. The highest BCUT2D eigenvalue weighted by Gasteiger charge is 2.31. The number of aliphatic carboxylic acids is 1. The van der Waals surface area contributed by atoms with Crippen molar-refractivity contribution >= 4 is 11.9 Å². The number of amides is 1. The number of aryl methyl sites for hydroxylation is 1. The molecule has 1 heterocycles. The van der Waals surface area contributed by atoms with Crippen molar-refractivity contribution in [3.05, 3.63) is 41.2 Å². The van der Waals surface area contributed by atoms with Crippen LogP contribution in [0.1, 0.15) is 21.7 Å². The summed E-state index contributed by atoms with van der Waals surface area (Å²) in [4.78, 5) is 30.6. The molecule has 6 nitrogen and oxygen atoms in total. The van der Waals surface area contributed by atoms with Crippen LogP contribution < -0.4 is 0 Å². The second kappa shape index (κ2) is 6.34. The van der Waals surface area contributed by atoms with E-state index < -0.39 is 30.2 Å². The van der Waals surface area contributed by atoms with Gasteiger partial charge in [0.15, 0.2) is 0 Å². The maximum Gasteiger partial charge on any atom is 0.416 e. The largest absolute Gasteiger partial charge is 0.480 e. The highest BCUT2D eigenvalue weighted by molar-refractivity contribution is 5.95. The van der Waals surface area contributed by atoms with Gasteiger partial charge in [-0.15, -0.1) is 0 Å². The normalized spacial score (nSPS) is 11.4. The molecule has 2 aromatic rings. The van der Waals surface area contributed by atoms with Crippen LogP contribution in [0.15, 0.2) is 24.3 Å². The molecule has 1 aromatic heterocycles. The van der Waals surface area contributed by atoms with Crippen molar-refractivity contribution in [1.29, 1.82) is 0 Å². The number of carbonyl (C=O) groups excluding carboxylic acids is 1. The Morgan fingerprint density at radius 3 is 2.58 bits per heavy atom. The zero-order valence-electron chi connectivity index (χ0n) is 12.8. The molecule has 0 aliphatic carbocycles. The summed E-state index contributed by atoms with van der Waals surface area (Å²) in [5.41, 5.74) is -0.353. The van der Waals surface area contributed by atoms with E-state index in [1.165, 1.54) is 26.1 Å². The molecule has 128 valence electrons. The number of alkyl halides is 3. The summed E-state index contributed by atoms with van der Waals surface area (Å²) in [5, 5.41) is 8.71. The van der Waals surface area contributed by atoms with Crippen LogP contribution in [-0.2, 0) is 11.0 Å². The molecule has 0 radical (unpaired) electrons. The number of nitrogens with zero attached hydrogens (tertiary/aromatic N) is 2. The van der Waals surface area contributed by atoms with E-state index in [9.17, 15) is 22.8 Å². The van der Waals surface area contributed by atoms with Crippen molar-refractivity contribution in [2.24, 2.45) is 0 Å². The van der Waals surface area contributed by atoms with Gasteiger partial charge in [-0.2, -0.15) is 13.2 Å². The van der Waals surface area contributed by atoms with Gasteiger partial charge in [-0.05, 0) is 19.1 Å². The maximum atomic E-state index is 12.8. The molecule has 0 saturated carbocycles. The second-order valence-electron chi connectivity index (χ2n) is 5.19. The number of carbonyl (C=O) groups is 2. The Morgan fingerprint density at radius 2 is 2.00 bits per heavy atom. The van der Waals surface area contributed by atoms with Crippen LogP contribution in [0.4, 0.5) is 13.2 Å². The van der Waals surface area contributed by atoms with Crippen molar-refractivity contribution in [2.75, 3.05) is 13.6 Å². The highest BCUT2D eigenvalue weighted by Crippen LogP contribution is 2.31. The van der Waals surface area contributed by atoms with Crippen molar-refractivity contribution in [2.45, 2.75) is 13.1 Å². The summed E-state index contributed by atoms with van der Waals surface area (Å²) in [7, 11) is 1.30. The minimum atomic E-state index is -4.49. The molecule has 0 unspecified atom stereocenters. The first-order valence-electron chi connectivity index (χ1n) is 6.81. The van der Waals surface area contributed by atoms with E-state index in [1.807, 2.05) is 0 Å². The molecule has 0 aliphatic heterocycles. The van der Waals surface area contributed by atoms with E-state index in [0.29, 0.717) is 5.69 Å². The van der Waals surface area contributed by atoms with Crippen LogP contribution in [0.5, 0.6) is 0 Å². The van der Waals surface area contributed by atoms with Gasteiger partial charge in [-0.3, -0.25) is 9.59 Å². The molecule has 1 amide bonds. The fourth-order valence-corrected chi connectivity index (χ4v) is 2.10. The van der Waals surface area contributed by atoms with Crippen molar-refractivity contribution < 1.29 is 27.9 Å². The predicted molar refractivity (Wildman–Crippen MR) is 78.4 cm³/mol. The van der Waals surface area contributed by atoms with Gasteiger partial charge in [0.05, 0.1) is 5.56 Å². The Balaban J connectivity index is 2.35. The molecule has 0 aliphatic rings. The van der Waals surface area contributed by atoms with Gasteiger partial charge in [0.2, 0.25) is 0 Å². The topological polar surface area (TPSA) is 86.3 Å². The number of likely N-dealkylation sites (N-methyl/N-ethyl adjacent to an activating group) is 1. The van der Waals surface area contributed by atoms with Gasteiger partial charge in [0.25, 0.3) is 5.91 Å². The lowest BCUT2D eigenvalue weighted by Crippen LogP contribution is -2.32. The molecular weight excluding hydrogens is 327 g/mol. The fraction of sp³-hybridized carbons (Fsp3) is 0.267. The molecule has 2 rings (SSSR count). The fourth-order valence-electron chi connectivity index (χ4n) is 2.10. The average Bonchev–Trinajstić information content (AvgIpc) is 2.87. The smallest absolute Gasteiger partial charge is 0.416 e. The second-order valence-corrected chi connectivity index (χ2v) is 5.19. The number of carboxylic acid groups (broad SMARTS) is 1. The van der Waals surface area contributed by atoms with Gasteiger partial charge in [0, 0.05) is 18.3 Å². The Bertz CT molecular complexity index is 784. The summed E-state index contributed by atoms with van der Waals surface area (Å²) >= 11 is 0. The molecule has 0 saturated heterocycles. The van der Waals surface area contributed by atoms with Gasteiger partial charge < -0.3 is 15.0 Å². The number of aromatic amines is 1. The van der Waals surface area contributed by atoms with Crippen LogP contribution in [0.2, 0.25) is 0 Å². The van der Waals surface area contributed by atoms with Gasteiger partial charge in [-0.1, -0.05) is 12.1 Å². The first-order valence-corrected chi connectivity index (χ1v) is 6.81. The molecule has 0 fully saturated rings. The molecule has 0 atom stereocenters. The van der Waals surface area contributed by atoms with Gasteiger partial charge >= 0.3 is 12.1 Å². The van der Waals surface area contributed by atoms with E-state index >= 15 is 0 Å². The number of hydrogen-bond acceptors (Lipinski definition) is 3. The van der Waals surface area contributed by atoms with E-state index in [1.54, 1.807) is 0 Å². The Morgan fingerprint density at radius 1 is 1.33 bits per heavy atom. The average molecular weight is 341 g/mol. The maximum absolute atomic E-state index is 12.8. The third kappa shape index (κ3) is 3.73. The number of rotatable bonds is 4. The van der Waals surface area contributed by atoms with E-state index in [4.69, 9.17) is 5.11 Å². The lowest BCUT2D eigenvalue weighted by atomic mass is 10.1. The SMILES string of the molecule is Cc1[nH]c(-c2cccc(C(F)(F)F)c2)nc1C(=O)N(C)CC(=O)O.